The van der Waals surface area contributed by atoms with Gasteiger partial charge in [-0.1, -0.05) is 11.6 Å². The molecule has 1 atom stereocenters. The van der Waals surface area contributed by atoms with Gasteiger partial charge in [0, 0.05) is 30.4 Å². The van der Waals surface area contributed by atoms with Crippen molar-refractivity contribution in [2.45, 2.75) is 0 Å². The van der Waals surface area contributed by atoms with Crippen LogP contribution in [0, 0.1) is 0 Å². The zero-order valence-corrected chi connectivity index (χ0v) is 12.5. The molecule has 8 heteroatoms. The third kappa shape index (κ3) is 6.11. The molecule has 0 aliphatic heterocycles. The third-order valence-electron chi connectivity index (χ3n) is 1.73. The summed E-state index contributed by atoms with van der Waals surface area (Å²) in [7, 11) is -3.05. The van der Waals surface area contributed by atoms with Crippen molar-refractivity contribution in [2.75, 3.05) is 37.1 Å². The van der Waals surface area contributed by atoms with Gasteiger partial charge in [0.15, 0.2) is 0 Å². The molecule has 16 heavy (non-hydrogen) atoms. The van der Waals surface area contributed by atoms with Gasteiger partial charge in [0.05, 0.1) is 6.61 Å². The Bertz CT molecular complexity index is 246. The van der Waals surface area contributed by atoms with E-state index in [1.165, 1.54) is 5.54 Å². The Labute approximate surface area is 116 Å². The zero-order valence-electron chi connectivity index (χ0n) is 8.62. The van der Waals surface area contributed by atoms with Gasteiger partial charge in [-0.3, -0.25) is 4.57 Å². The highest BCUT2D eigenvalue weighted by Crippen LogP contribution is 2.51. The van der Waals surface area contributed by atoms with Gasteiger partial charge < -0.3 is 4.52 Å². The molecule has 0 radical (unpaired) electrons. The van der Waals surface area contributed by atoms with Crippen molar-refractivity contribution in [1.29, 1.82) is 0 Å². The lowest BCUT2D eigenvalue weighted by atomic mass is 10.6. The first-order valence-electron chi connectivity index (χ1n) is 4.56. The Morgan fingerprint density at radius 3 is 2.12 bits per heavy atom. The molecule has 1 unspecified atom stereocenters. The average molecular weight is 329 g/mol. The van der Waals surface area contributed by atoms with Crippen LogP contribution in [0.15, 0.2) is 11.6 Å². The standard InChI is InChI=1S/C8H14Cl4NO2P/c9-2-1-7-15-16(14,8-12)13(5-3-10)6-4-11/h1-2H,3-8H2/b2-1+. The van der Waals surface area contributed by atoms with E-state index in [1.54, 1.807) is 10.7 Å². The largest absolute Gasteiger partial charge is 0.312 e. The molecular weight excluding hydrogens is 315 g/mol. The quantitative estimate of drug-likeness (QED) is 0.474. The molecular formula is C8H14Cl4NO2P. The monoisotopic (exact) mass is 327 g/mol. The van der Waals surface area contributed by atoms with Gasteiger partial charge in [0.25, 0.3) is 7.52 Å². The third-order valence-corrected chi connectivity index (χ3v) is 5.27. The van der Waals surface area contributed by atoms with Crippen LogP contribution in [0.25, 0.3) is 0 Å². The van der Waals surface area contributed by atoms with Crippen LogP contribution in [0.5, 0.6) is 0 Å². The zero-order chi connectivity index (χ0) is 12.4. The number of rotatable bonds is 9. The predicted molar refractivity (Wildman–Crippen MR) is 72.3 cm³/mol. The van der Waals surface area contributed by atoms with Crippen molar-refractivity contribution in [2.24, 2.45) is 0 Å². The molecule has 0 saturated carbocycles. The molecule has 0 aliphatic rings. The van der Waals surface area contributed by atoms with Crippen molar-refractivity contribution >= 4 is 53.9 Å². The summed E-state index contributed by atoms with van der Waals surface area (Å²) in [4.78, 5) is 0. The van der Waals surface area contributed by atoms with Gasteiger partial charge in [0.2, 0.25) is 0 Å². The van der Waals surface area contributed by atoms with E-state index < -0.39 is 7.52 Å². The van der Waals surface area contributed by atoms with Gasteiger partial charge in [-0.25, -0.2) is 4.67 Å². The molecule has 0 bridgehead atoms. The van der Waals surface area contributed by atoms with Crippen molar-refractivity contribution in [3.63, 3.8) is 0 Å². The number of nitrogens with zero attached hydrogens (tertiary/aromatic N) is 1. The first-order valence-corrected chi connectivity index (χ1v) is 8.37. The molecule has 0 aromatic heterocycles. The SMILES string of the molecule is O=P(CCl)(OC/C=C/Cl)N(CCCl)CCCl. The van der Waals surface area contributed by atoms with Crippen LogP contribution >= 0.6 is 53.9 Å². The Kier molecular flexibility index (Phi) is 10.7. The molecule has 0 spiro atoms. The first-order chi connectivity index (χ1) is 7.64. The molecule has 0 aromatic carbocycles. The second-order valence-corrected chi connectivity index (χ2v) is 6.81. The van der Waals surface area contributed by atoms with E-state index in [2.05, 4.69) is 0 Å². The number of halogens is 4. The number of hydrogen-bond donors (Lipinski definition) is 0. The summed E-state index contributed by atoms with van der Waals surface area (Å²) in [6, 6.07) is 0. The normalized spacial score (nSPS) is 15.8. The molecule has 3 nitrogen and oxygen atoms in total. The van der Waals surface area contributed by atoms with Gasteiger partial charge in [0.1, 0.15) is 5.62 Å². The predicted octanol–water partition coefficient (Wildman–Crippen LogP) is 3.92. The van der Waals surface area contributed by atoms with Crippen molar-refractivity contribution in [3.05, 3.63) is 11.6 Å². The van der Waals surface area contributed by atoms with Crippen molar-refractivity contribution < 1.29 is 9.09 Å². The summed E-state index contributed by atoms with van der Waals surface area (Å²) in [5, 5.41) is 0. The molecule has 0 rings (SSSR count). The Morgan fingerprint density at radius 2 is 1.75 bits per heavy atom. The van der Waals surface area contributed by atoms with Crippen LogP contribution in [0.2, 0.25) is 0 Å². The molecule has 0 fully saturated rings. The second-order valence-electron chi connectivity index (χ2n) is 2.75. The summed E-state index contributed by atoms with van der Waals surface area (Å²) in [6.45, 7) is 0.986. The Morgan fingerprint density at radius 1 is 1.19 bits per heavy atom. The minimum atomic E-state index is -3.05. The van der Waals surface area contributed by atoms with E-state index in [0.717, 1.165) is 0 Å². The Hall–Kier alpha value is 1.05. The summed E-state index contributed by atoms with van der Waals surface area (Å²) in [5.41, 5.74) is 1.20. The fraction of sp³-hybridized carbons (Fsp3) is 0.750. The topological polar surface area (TPSA) is 29.5 Å². The smallest absolute Gasteiger partial charge is 0.287 e. The van der Waals surface area contributed by atoms with Crippen molar-refractivity contribution in [3.8, 4) is 0 Å². The summed E-state index contributed by atoms with van der Waals surface area (Å²) in [5.74, 6) is 0.680. The van der Waals surface area contributed by atoms with Gasteiger partial charge >= 0.3 is 0 Å². The van der Waals surface area contributed by atoms with Crippen LogP contribution in [-0.4, -0.2) is 41.7 Å². The minimum absolute atomic E-state index is 0.100. The molecule has 0 saturated heterocycles. The van der Waals surface area contributed by atoms with Crippen LogP contribution in [0.4, 0.5) is 0 Å². The van der Waals surface area contributed by atoms with Crippen molar-refractivity contribution in [1.82, 2.24) is 4.67 Å². The maximum Gasteiger partial charge on any atom is 0.287 e. The summed E-state index contributed by atoms with van der Waals surface area (Å²) >= 11 is 22.3. The van der Waals surface area contributed by atoms with Crippen LogP contribution in [0.3, 0.4) is 0 Å². The highest BCUT2D eigenvalue weighted by atomic mass is 35.5. The highest BCUT2D eigenvalue weighted by Gasteiger charge is 2.29. The fourth-order valence-corrected chi connectivity index (χ4v) is 3.89. The summed E-state index contributed by atoms with van der Waals surface area (Å²) < 4.78 is 19.1. The van der Waals surface area contributed by atoms with Crippen LogP contribution in [-0.2, 0) is 9.09 Å². The van der Waals surface area contributed by atoms with E-state index in [-0.39, 0.29) is 12.2 Å². The maximum atomic E-state index is 12.3. The number of alkyl halides is 3. The minimum Gasteiger partial charge on any atom is -0.312 e. The highest BCUT2D eigenvalue weighted by molar-refractivity contribution is 7.58. The van der Waals surface area contributed by atoms with Gasteiger partial charge in [-0.05, 0) is 6.08 Å². The fourth-order valence-electron chi connectivity index (χ4n) is 0.999. The Balaban J connectivity index is 4.52. The van der Waals surface area contributed by atoms with Crippen LogP contribution < -0.4 is 0 Å². The lowest BCUT2D eigenvalue weighted by molar-refractivity contribution is 0.295. The maximum absolute atomic E-state index is 12.3. The molecule has 0 amide bonds. The molecule has 0 aliphatic carbocycles. The summed E-state index contributed by atoms with van der Waals surface area (Å²) in [6.07, 6.45) is 1.54. The lowest BCUT2D eigenvalue weighted by Crippen LogP contribution is -2.26. The van der Waals surface area contributed by atoms with E-state index in [0.29, 0.717) is 24.8 Å². The number of hydrogen-bond acceptors (Lipinski definition) is 2. The van der Waals surface area contributed by atoms with Gasteiger partial charge in [-0.15, -0.1) is 34.8 Å². The van der Waals surface area contributed by atoms with E-state index in [1.807, 2.05) is 0 Å². The molecule has 0 N–H and O–H groups in total. The molecule has 0 aromatic rings. The molecule has 0 heterocycles. The van der Waals surface area contributed by atoms with Crippen LogP contribution in [0.1, 0.15) is 0 Å². The van der Waals surface area contributed by atoms with Gasteiger partial charge in [-0.2, -0.15) is 0 Å². The van der Waals surface area contributed by atoms with E-state index in [4.69, 9.17) is 50.9 Å². The lowest BCUT2D eigenvalue weighted by Gasteiger charge is -2.28. The van der Waals surface area contributed by atoms with E-state index in [9.17, 15) is 4.57 Å². The average Bonchev–Trinajstić information content (AvgIpc) is 2.29. The van der Waals surface area contributed by atoms with E-state index >= 15 is 0 Å². The first kappa shape index (κ1) is 17.1. The molecule has 96 valence electrons. The second kappa shape index (κ2) is 10.0.